The Morgan fingerprint density at radius 2 is 1.83 bits per heavy atom. The number of fused-ring (bicyclic) bond motifs is 2. The molecule has 156 valence electrons. The van der Waals surface area contributed by atoms with E-state index in [1.165, 1.54) is 10.6 Å². The molecular formula is C21H23FN6O2. The summed E-state index contributed by atoms with van der Waals surface area (Å²) in [5, 5.41) is 2.95. The van der Waals surface area contributed by atoms with E-state index in [0.717, 1.165) is 36.9 Å². The van der Waals surface area contributed by atoms with Crippen LogP contribution in [0.5, 0.6) is 0 Å². The summed E-state index contributed by atoms with van der Waals surface area (Å²) >= 11 is 0. The number of aromatic amines is 1. The van der Waals surface area contributed by atoms with Crippen LogP contribution in [0.4, 0.5) is 10.1 Å². The summed E-state index contributed by atoms with van der Waals surface area (Å²) in [7, 11) is 0. The van der Waals surface area contributed by atoms with Crippen molar-refractivity contribution in [1.29, 1.82) is 0 Å². The molecule has 8 nitrogen and oxygen atoms in total. The molecule has 1 N–H and O–H groups in total. The number of benzene rings is 1. The molecule has 0 atom stereocenters. The molecule has 1 aliphatic carbocycles. The maximum Gasteiger partial charge on any atom is 0.277 e. The third-order valence-corrected chi connectivity index (χ3v) is 5.95. The van der Waals surface area contributed by atoms with E-state index >= 15 is 0 Å². The monoisotopic (exact) mass is 410 g/mol. The lowest BCUT2D eigenvalue weighted by Gasteiger charge is -2.36. The Bertz CT molecular complexity index is 1160. The van der Waals surface area contributed by atoms with Crippen LogP contribution < -0.4 is 10.5 Å². The van der Waals surface area contributed by atoms with Crippen LogP contribution in [-0.4, -0.2) is 56.6 Å². The van der Waals surface area contributed by atoms with E-state index in [4.69, 9.17) is 0 Å². The molecule has 1 aliphatic heterocycles. The summed E-state index contributed by atoms with van der Waals surface area (Å²) in [6, 6.07) is 6.68. The number of para-hydroxylation sites is 1. The fourth-order valence-corrected chi connectivity index (χ4v) is 4.33. The molecule has 3 aromatic rings. The van der Waals surface area contributed by atoms with Gasteiger partial charge in [-0.3, -0.25) is 14.7 Å². The summed E-state index contributed by atoms with van der Waals surface area (Å²) < 4.78 is 15.3. The molecule has 2 aromatic heterocycles. The predicted molar refractivity (Wildman–Crippen MR) is 109 cm³/mol. The number of H-pyrrole nitrogens is 1. The Morgan fingerprint density at radius 3 is 2.63 bits per heavy atom. The SMILES string of the molecule is O=C(Cc1nc2nc3c(c(=O)n2[nH]1)CCCC3)N1CCN(c2ccccc2F)CC1. The zero-order valence-corrected chi connectivity index (χ0v) is 16.6. The third kappa shape index (κ3) is 3.34. The Hall–Kier alpha value is -3.23. The molecule has 0 spiro atoms. The molecule has 2 aliphatic rings. The average Bonchev–Trinajstić information content (AvgIpc) is 3.17. The number of aryl methyl sites for hydroxylation is 1. The quantitative estimate of drug-likeness (QED) is 0.704. The minimum atomic E-state index is -0.250. The summed E-state index contributed by atoms with van der Waals surface area (Å²) in [5.41, 5.74) is 2.04. The Morgan fingerprint density at radius 1 is 1.07 bits per heavy atom. The molecule has 5 rings (SSSR count). The second-order valence-electron chi connectivity index (χ2n) is 7.85. The summed E-state index contributed by atoms with van der Waals surface area (Å²) in [6.45, 7) is 2.17. The Labute approximate surface area is 172 Å². The molecule has 0 radical (unpaired) electrons. The topological polar surface area (TPSA) is 86.6 Å². The zero-order chi connectivity index (χ0) is 20.7. The number of carbonyl (C=O) groups is 1. The molecule has 1 amide bonds. The molecule has 9 heteroatoms. The lowest BCUT2D eigenvalue weighted by molar-refractivity contribution is -0.130. The number of aromatic nitrogens is 4. The number of halogens is 1. The maximum absolute atomic E-state index is 14.0. The van der Waals surface area contributed by atoms with Crippen molar-refractivity contribution in [3.8, 4) is 0 Å². The van der Waals surface area contributed by atoms with E-state index in [1.807, 2.05) is 11.0 Å². The van der Waals surface area contributed by atoms with E-state index in [9.17, 15) is 14.0 Å². The van der Waals surface area contributed by atoms with E-state index < -0.39 is 0 Å². The first-order valence-corrected chi connectivity index (χ1v) is 10.4. The first-order chi connectivity index (χ1) is 14.6. The fourth-order valence-electron chi connectivity index (χ4n) is 4.33. The standard InChI is InChI=1S/C21H23FN6O2/c22-15-6-2-4-8-17(15)26-9-11-27(12-10-26)19(29)13-18-24-21-23-16-7-3-1-5-14(16)20(30)28(21)25-18/h2,4,6,8H,1,3,5,7,9-13H2,(H,23,24,25). The summed E-state index contributed by atoms with van der Waals surface area (Å²) in [6.07, 6.45) is 3.64. The minimum absolute atomic E-state index is 0.0694. The Kier molecular flexibility index (Phi) is 4.72. The van der Waals surface area contributed by atoms with Gasteiger partial charge in [-0.2, -0.15) is 9.50 Å². The molecule has 3 heterocycles. The normalized spacial score (nSPS) is 16.7. The van der Waals surface area contributed by atoms with Gasteiger partial charge in [-0.1, -0.05) is 12.1 Å². The van der Waals surface area contributed by atoms with Crippen molar-refractivity contribution >= 4 is 17.4 Å². The van der Waals surface area contributed by atoms with Crippen molar-refractivity contribution in [2.45, 2.75) is 32.1 Å². The highest BCUT2D eigenvalue weighted by Gasteiger charge is 2.24. The highest BCUT2D eigenvalue weighted by Crippen LogP contribution is 2.20. The van der Waals surface area contributed by atoms with Gasteiger partial charge in [0.1, 0.15) is 11.6 Å². The molecule has 0 bridgehead atoms. The van der Waals surface area contributed by atoms with Gasteiger partial charge in [0.25, 0.3) is 11.3 Å². The van der Waals surface area contributed by atoms with Gasteiger partial charge in [0.15, 0.2) is 0 Å². The van der Waals surface area contributed by atoms with Crippen LogP contribution >= 0.6 is 0 Å². The number of nitrogens with zero attached hydrogens (tertiary/aromatic N) is 5. The van der Waals surface area contributed by atoms with Crippen molar-refractivity contribution in [3.63, 3.8) is 0 Å². The predicted octanol–water partition coefficient (Wildman–Crippen LogP) is 1.33. The average molecular weight is 410 g/mol. The molecule has 1 saturated heterocycles. The van der Waals surface area contributed by atoms with Crippen LogP contribution in [0, 0.1) is 5.82 Å². The Balaban J connectivity index is 1.28. The zero-order valence-electron chi connectivity index (χ0n) is 16.6. The van der Waals surface area contributed by atoms with Crippen LogP contribution in [0.1, 0.15) is 29.9 Å². The number of hydrogen-bond acceptors (Lipinski definition) is 5. The smallest absolute Gasteiger partial charge is 0.277 e. The fraction of sp³-hybridized carbons (Fsp3) is 0.429. The van der Waals surface area contributed by atoms with Gasteiger partial charge in [0, 0.05) is 31.7 Å². The molecular weight excluding hydrogens is 387 g/mol. The number of rotatable bonds is 3. The van der Waals surface area contributed by atoms with E-state index in [2.05, 4.69) is 15.1 Å². The van der Waals surface area contributed by atoms with Gasteiger partial charge < -0.3 is 9.80 Å². The molecule has 1 fully saturated rings. The number of carbonyl (C=O) groups excluding carboxylic acids is 1. The van der Waals surface area contributed by atoms with Crippen molar-refractivity contribution in [2.24, 2.45) is 0 Å². The van der Waals surface area contributed by atoms with E-state index in [0.29, 0.717) is 43.5 Å². The number of hydrogen-bond donors (Lipinski definition) is 1. The van der Waals surface area contributed by atoms with Gasteiger partial charge in [-0.25, -0.2) is 9.37 Å². The van der Waals surface area contributed by atoms with Gasteiger partial charge >= 0.3 is 0 Å². The molecule has 30 heavy (non-hydrogen) atoms. The van der Waals surface area contributed by atoms with Crippen LogP contribution in [-0.2, 0) is 24.1 Å². The number of nitrogens with one attached hydrogen (secondary N) is 1. The maximum atomic E-state index is 14.0. The first kappa shape index (κ1) is 18.8. The van der Waals surface area contributed by atoms with Crippen molar-refractivity contribution in [3.05, 3.63) is 57.5 Å². The van der Waals surface area contributed by atoms with Crippen molar-refractivity contribution in [2.75, 3.05) is 31.1 Å². The number of piperazine rings is 1. The molecule has 0 saturated carbocycles. The lowest BCUT2D eigenvalue weighted by Crippen LogP contribution is -2.49. The van der Waals surface area contributed by atoms with Crippen LogP contribution in [0.15, 0.2) is 29.1 Å². The largest absolute Gasteiger partial charge is 0.366 e. The molecule has 1 aromatic carbocycles. The van der Waals surface area contributed by atoms with Crippen molar-refractivity contribution in [1.82, 2.24) is 24.5 Å². The highest BCUT2D eigenvalue weighted by atomic mass is 19.1. The van der Waals surface area contributed by atoms with E-state index in [1.54, 1.807) is 17.0 Å². The van der Waals surface area contributed by atoms with Gasteiger partial charge in [-0.15, -0.1) is 0 Å². The lowest BCUT2D eigenvalue weighted by atomic mass is 9.97. The first-order valence-electron chi connectivity index (χ1n) is 10.4. The highest BCUT2D eigenvalue weighted by molar-refractivity contribution is 5.78. The summed E-state index contributed by atoms with van der Waals surface area (Å²) in [4.78, 5) is 38.1. The van der Waals surface area contributed by atoms with Crippen molar-refractivity contribution < 1.29 is 9.18 Å². The second kappa shape index (κ2) is 7.55. The molecule has 0 unspecified atom stereocenters. The minimum Gasteiger partial charge on any atom is -0.366 e. The van der Waals surface area contributed by atoms with E-state index in [-0.39, 0.29) is 23.7 Å². The van der Waals surface area contributed by atoms with Gasteiger partial charge in [0.05, 0.1) is 17.8 Å². The van der Waals surface area contributed by atoms with Gasteiger partial charge in [-0.05, 0) is 37.8 Å². The van der Waals surface area contributed by atoms with Crippen LogP contribution in [0.3, 0.4) is 0 Å². The number of amides is 1. The van der Waals surface area contributed by atoms with Crippen LogP contribution in [0.2, 0.25) is 0 Å². The second-order valence-corrected chi connectivity index (χ2v) is 7.85. The van der Waals surface area contributed by atoms with Crippen LogP contribution in [0.25, 0.3) is 5.78 Å². The number of anilines is 1. The summed E-state index contributed by atoms with van der Waals surface area (Å²) in [5.74, 6) is 0.441. The third-order valence-electron chi connectivity index (χ3n) is 5.95. The van der Waals surface area contributed by atoms with Gasteiger partial charge in [0.2, 0.25) is 5.91 Å².